The molecule has 6 heteroatoms. The Bertz CT molecular complexity index is 1410. The number of rotatable bonds is 4. The smallest absolute Gasteiger partial charge is 0.331 e. The van der Waals surface area contributed by atoms with Gasteiger partial charge in [0.25, 0.3) is 0 Å². The van der Waals surface area contributed by atoms with Crippen LogP contribution in [0.2, 0.25) is 0 Å². The third-order valence-corrected chi connectivity index (χ3v) is 14.7. The van der Waals surface area contributed by atoms with E-state index in [9.17, 15) is 24.9 Å². The fourth-order valence-electron chi connectivity index (χ4n) is 11.8. The molecular formula is C39H54O6. The molecular weight excluding hydrogens is 564 g/mol. The molecule has 0 bridgehead atoms. The molecule has 0 unspecified atom stereocenters. The number of aliphatic hydroxyl groups excluding tert-OH is 2. The minimum absolute atomic E-state index is 0.0610. The van der Waals surface area contributed by atoms with E-state index in [1.165, 1.54) is 11.6 Å². The quantitative estimate of drug-likeness (QED) is 0.184. The van der Waals surface area contributed by atoms with Crippen LogP contribution in [-0.4, -0.2) is 45.6 Å². The van der Waals surface area contributed by atoms with Gasteiger partial charge in [-0.3, -0.25) is 4.79 Å². The zero-order valence-corrected chi connectivity index (χ0v) is 28.3. The minimum Gasteiger partial charge on any atom is -0.481 e. The molecule has 45 heavy (non-hydrogen) atoms. The molecule has 4 saturated carbocycles. The number of allylic oxidation sites excluding steroid dienone is 2. The molecule has 10 atom stereocenters. The summed E-state index contributed by atoms with van der Waals surface area (Å²) in [4.78, 5) is 26.4. The summed E-state index contributed by atoms with van der Waals surface area (Å²) in [5, 5.41) is 34.1. The molecule has 0 aliphatic heterocycles. The van der Waals surface area contributed by atoms with Crippen molar-refractivity contribution >= 4 is 18.0 Å². The minimum atomic E-state index is -1.42. The molecule has 5 aliphatic carbocycles. The number of carbonyl (C=O) groups is 2. The fourth-order valence-corrected chi connectivity index (χ4v) is 11.8. The van der Waals surface area contributed by atoms with Crippen LogP contribution in [0.15, 0.2) is 48.1 Å². The van der Waals surface area contributed by atoms with Crippen molar-refractivity contribution in [2.75, 3.05) is 0 Å². The molecule has 4 fully saturated rings. The number of aliphatic hydroxyl groups is 2. The highest BCUT2D eigenvalue weighted by Crippen LogP contribution is 2.75. The molecule has 5 aliphatic rings. The van der Waals surface area contributed by atoms with Crippen molar-refractivity contribution < 1.29 is 29.6 Å². The van der Waals surface area contributed by atoms with E-state index >= 15 is 0 Å². The van der Waals surface area contributed by atoms with Gasteiger partial charge in [-0.15, -0.1) is 0 Å². The third kappa shape index (κ3) is 4.55. The van der Waals surface area contributed by atoms with Crippen LogP contribution in [0.25, 0.3) is 6.08 Å². The predicted octanol–water partition coefficient (Wildman–Crippen LogP) is 7.44. The van der Waals surface area contributed by atoms with Gasteiger partial charge < -0.3 is 20.1 Å². The van der Waals surface area contributed by atoms with Crippen molar-refractivity contribution in [1.29, 1.82) is 0 Å². The first-order valence-corrected chi connectivity index (χ1v) is 17.2. The van der Waals surface area contributed by atoms with Gasteiger partial charge in [-0.25, -0.2) is 4.79 Å². The third-order valence-electron chi connectivity index (χ3n) is 14.7. The SMILES string of the molecule is CC1(C)C[C@H]2C3=CC[C@@H]4[C@@]5(C)CC[C@H](O)C(C)(C)[C@@H]5CC[C@@]4(C)[C@]3(C)C[C@@H](O)[C@@]2(C(=O)O)C[C@@H]1OC(=O)/C=C/c1ccccc1. The molecule has 0 radical (unpaired) electrons. The highest BCUT2D eigenvalue weighted by atomic mass is 16.5. The van der Waals surface area contributed by atoms with E-state index in [2.05, 4.69) is 54.5 Å². The number of benzene rings is 1. The second kappa shape index (κ2) is 10.5. The number of aliphatic carboxylic acids is 1. The molecule has 6 rings (SSSR count). The van der Waals surface area contributed by atoms with E-state index in [0.29, 0.717) is 24.7 Å². The van der Waals surface area contributed by atoms with Crippen LogP contribution >= 0.6 is 0 Å². The summed E-state index contributed by atoms with van der Waals surface area (Å²) in [6.45, 7) is 15.8. The average Bonchev–Trinajstić information content (AvgIpc) is 2.96. The summed E-state index contributed by atoms with van der Waals surface area (Å²) in [5.74, 6) is -1.04. The molecule has 0 amide bonds. The first-order chi connectivity index (χ1) is 20.9. The standard InChI is InChI=1S/C39H54O6/c1-34(2)21-26-25-14-15-28-36(5)19-18-29(40)35(3,4)27(36)17-20-37(28,6)38(25,7)22-30(41)39(26,33(43)44)23-31(34)45-32(42)16-13-24-11-9-8-10-12-24/h8-14,16,26-31,40-41H,15,17-23H2,1-7H3,(H,43,44)/b16-13+/t26-,27-,28+,29-,30+,31-,36-,37+,38+,39+/m0/s1. The van der Waals surface area contributed by atoms with Crippen LogP contribution in [-0.2, 0) is 14.3 Å². The monoisotopic (exact) mass is 618 g/mol. The van der Waals surface area contributed by atoms with Gasteiger partial charge in [-0.05, 0) is 96.0 Å². The van der Waals surface area contributed by atoms with Gasteiger partial charge in [0, 0.05) is 17.9 Å². The normalized spacial score (nSPS) is 44.9. The Hall–Kier alpha value is -2.44. The summed E-state index contributed by atoms with van der Waals surface area (Å²) < 4.78 is 6.03. The number of fused-ring (bicyclic) bond motifs is 7. The summed E-state index contributed by atoms with van der Waals surface area (Å²) in [7, 11) is 0. The van der Waals surface area contributed by atoms with Gasteiger partial charge in [0.15, 0.2) is 0 Å². The molecule has 0 spiro atoms. The van der Waals surface area contributed by atoms with Crippen LogP contribution in [0.3, 0.4) is 0 Å². The van der Waals surface area contributed by atoms with Crippen molar-refractivity contribution in [3.8, 4) is 0 Å². The number of carboxylic acid groups (broad SMARTS) is 1. The van der Waals surface area contributed by atoms with E-state index in [4.69, 9.17) is 4.74 Å². The van der Waals surface area contributed by atoms with Crippen molar-refractivity contribution in [1.82, 2.24) is 0 Å². The summed E-state index contributed by atoms with van der Waals surface area (Å²) >= 11 is 0. The van der Waals surface area contributed by atoms with E-state index < -0.39 is 35.0 Å². The van der Waals surface area contributed by atoms with E-state index in [1.54, 1.807) is 6.08 Å². The number of hydrogen-bond donors (Lipinski definition) is 3. The molecule has 6 nitrogen and oxygen atoms in total. The van der Waals surface area contributed by atoms with Crippen LogP contribution in [0.4, 0.5) is 0 Å². The lowest BCUT2D eigenvalue weighted by atomic mass is 9.33. The van der Waals surface area contributed by atoms with E-state index in [1.807, 2.05) is 30.3 Å². The Labute approximate surface area is 269 Å². The summed E-state index contributed by atoms with van der Waals surface area (Å²) in [6, 6.07) is 9.53. The first-order valence-electron chi connectivity index (χ1n) is 17.2. The zero-order chi connectivity index (χ0) is 32.8. The van der Waals surface area contributed by atoms with Gasteiger partial charge >= 0.3 is 11.9 Å². The molecule has 1 aromatic rings. The molecule has 0 heterocycles. The second-order valence-electron chi connectivity index (χ2n) is 17.4. The predicted molar refractivity (Wildman–Crippen MR) is 175 cm³/mol. The lowest BCUT2D eigenvalue weighted by Gasteiger charge is -2.71. The van der Waals surface area contributed by atoms with E-state index in [-0.39, 0.29) is 40.1 Å². The topological polar surface area (TPSA) is 104 Å². The Balaban J connectivity index is 1.34. The molecule has 246 valence electrons. The molecule has 1 aromatic carbocycles. The lowest BCUT2D eigenvalue weighted by Crippen LogP contribution is -2.68. The van der Waals surface area contributed by atoms with Gasteiger partial charge in [0.05, 0.1) is 12.2 Å². The van der Waals surface area contributed by atoms with Crippen LogP contribution in [0, 0.1) is 50.2 Å². The number of carbonyl (C=O) groups excluding carboxylic acids is 1. The Morgan fingerprint density at radius 3 is 2.22 bits per heavy atom. The Morgan fingerprint density at radius 1 is 0.867 bits per heavy atom. The second-order valence-corrected chi connectivity index (χ2v) is 17.4. The van der Waals surface area contributed by atoms with Crippen molar-refractivity contribution in [2.45, 2.75) is 118 Å². The van der Waals surface area contributed by atoms with Crippen LogP contribution in [0.1, 0.15) is 105 Å². The number of esters is 1. The van der Waals surface area contributed by atoms with Crippen LogP contribution < -0.4 is 0 Å². The Morgan fingerprint density at radius 2 is 1.56 bits per heavy atom. The molecule has 0 aromatic heterocycles. The van der Waals surface area contributed by atoms with Crippen molar-refractivity contribution in [3.05, 3.63) is 53.6 Å². The number of ether oxygens (including phenoxy) is 1. The Kier molecular flexibility index (Phi) is 7.61. The molecule has 0 saturated heterocycles. The number of carboxylic acids is 1. The number of hydrogen-bond acceptors (Lipinski definition) is 5. The molecule has 3 N–H and O–H groups in total. The maximum Gasteiger partial charge on any atom is 0.331 e. The van der Waals surface area contributed by atoms with Crippen molar-refractivity contribution in [2.24, 2.45) is 50.2 Å². The van der Waals surface area contributed by atoms with Gasteiger partial charge in [-0.1, -0.05) is 90.4 Å². The van der Waals surface area contributed by atoms with Gasteiger partial charge in [-0.2, -0.15) is 0 Å². The lowest BCUT2D eigenvalue weighted by molar-refractivity contribution is -0.227. The first kappa shape index (κ1) is 32.5. The largest absolute Gasteiger partial charge is 0.481 e. The summed E-state index contributed by atoms with van der Waals surface area (Å²) in [6.07, 6.45) is 9.21. The average molecular weight is 619 g/mol. The highest BCUT2D eigenvalue weighted by Gasteiger charge is 2.72. The highest BCUT2D eigenvalue weighted by molar-refractivity contribution is 5.87. The zero-order valence-electron chi connectivity index (χ0n) is 28.3. The summed E-state index contributed by atoms with van der Waals surface area (Å²) in [5.41, 5.74) is -0.376. The van der Waals surface area contributed by atoms with Crippen LogP contribution in [0.5, 0.6) is 0 Å². The fraction of sp³-hybridized carbons (Fsp3) is 0.692. The van der Waals surface area contributed by atoms with Gasteiger partial charge in [0.1, 0.15) is 11.5 Å². The maximum absolute atomic E-state index is 13.4. The maximum atomic E-state index is 13.4. The van der Waals surface area contributed by atoms with Gasteiger partial charge in [0.2, 0.25) is 0 Å². The van der Waals surface area contributed by atoms with E-state index in [0.717, 1.165) is 37.7 Å². The van der Waals surface area contributed by atoms with Crippen molar-refractivity contribution in [3.63, 3.8) is 0 Å².